The molecule has 6 nitrogen and oxygen atoms in total. The number of pyridine rings is 1. The molecule has 0 amide bonds. The molecule has 1 aromatic heterocycles. The maximum atomic E-state index is 11.4. The lowest BCUT2D eigenvalue weighted by Gasteiger charge is -2.33. The van der Waals surface area contributed by atoms with Crippen molar-refractivity contribution in [2.45, 2.75) is 12.5 Å². The van der Waals surface area contributed by atoms with Gasteiger partial charge in [0.25, 0.3) is 0 Å². The van der Waals surface area contributed by atoms with Gasteiger partial charge in [-0.1, -0.05) is 12.1 Å². The third kappa shape index (κ3) is 3.59. The van der Waals surface area contributed by atoms with Gasteiger partial charge in [0.05, 0.1) is 31.5 Å². The largest absolute Gasteiger partial charge is 0.486 e. The monoisotopic (exact) mass is 328 g/mol. The first-order valence-corrected chi connectivity index (χ1v) is 7.81. The van der Waals surface area contributed by atoms with Crippen molar-refractivity contribution in [1.82, 2.24) is 4.98 Å². The Hall–Kier alpha value is -2.76. The Morgan fingerprint density at radius 3 is 2.92 bits per heavy atom. The summed E-state index contributed by atoms with van der Waals surface area (Å²) in [4.78, 5) is 17.6. The second kappa shape index (κ2) is 7.21. The Bertz CT molecular complexity index is 702. The minimum Gasteiger partial charge on any atom is -0.486 e. The first-order chi connectivity index (χ1) is 11.7. The number of carbonyl (C=O) groups excluding carboxylic acids is 1. The van der Waals surface area contributed by atoms with Gasteiger partial charge in [0.1, 0.15) is 11.9 Å². The molecule has 126 valence electrons. The average molecular weight is 328 g/mol. The third-order valence-electron chi connectivity index (χ3n) is 3.89. The summed E-state index contributed by atoms with van der Waals surface area (Å²) < 4.78 is 16.3. The molecule has 0 fully saturated rings. The minimum absolute atomic E-state index is 0.0687. The number of esters is 1. The number of benzene rings is 1. The van der Waals surface area contributed by atoms with Crippen LogP contribution in [0, 0.1) is 0 Å². The molecule has 1 aromatic carbocycles. The number of fused-ring (bicyclic) bond motifs is 1. The van der Waals surface area contributed by atoms with Crippen LogP contribution < -0.4 is 14.4 Å². The number of nitrogens with zero attached hydrogens (tertiary/aromatic N) is 2. The molecule has 1 aliphatic heterocycles. The lowest BCUT2D eigenvalue weighted by molar-refractivity contribution is 0.0600. The van der Waals surface area contributed by atoms with Crippen molar-refractivity contribution in [2.24, 2.45) is 0 Å². The number of methoxy groups -OCH3 is 1. The van der Waals surface area contributed by atoms with Crippen molar-refractivity contribution in [2.75, 3.05) is 32.2 Å². The zero-order valence-electron chi connectivity index (χ0n) is 13.8. The van der Waals surface area contributed by atoms with Gasteiger partial charge < -0.3 is 19.1 Å². The topological polar surface area (TPSA) is 60.9 Å². The number of para-hydroxylation sites is 2. The van der Waals surface area contributed by atoms with Gasteiger partial charge >= 0.3 is 5.97 Å². The fourth-order valence-electron chi connectivity index (χ4n) is 2.64. The predicted molar refractivity (Wildman–Crippen MR) is 89.8 cm³/mol. The molecule has 0 N–H and O–H groups in total. The van der Waals surface area contributed by atoms with Crippen molar-refractivity contribution in [3.8, 4) is 11.6 Å². The maximum absolute atomic E-state index is 11.4. The van der Waals surface area contributed by atoms with E-state index in [1.54, 1.807) is 12.1 Å². The number of ether oxygens (including phenoxy) is 3. The van der Waals surface area contributed by atoms with E-state index in [1.807, 2.05) is 18.2 Å². The van der Waals surface area contributed by atoms with Crippen molar-refractivity contribution in [1.29, 1.82) is 0 Å². The Morgan fingerprint density at radius 2 is 2.17 bits per heavy atom. The molecule has 1 atom stereocenters. The summed E-state index contributed by atoms with van der Waals surface area (Å²) in [6.45, 7) is 1.31. The second-order valence-electron chi connectivity index (χ2n) is 5.60. The van der Waals surface area contributed by atoms with E-state index in [0.29, 0.717) is 18.1 Å². The van der Waals surface area contributed by atoms with Crippen LogP contribution in [0.1, 0.15) is 16.8 Å². The van der Waals surface area contributed by atoms with Crippen LogP contribution in [0.4, 0.5) is 5.69 Å². The molecule has 0 bridgehead atoms. The summed E-state index contributed by atoms with van der Waals surface area (Å²) in [6.07, 6.45) is 2.26. The Balaban J connectivity index is 1.51. The van der Waals surface area contributed by atoms with Gasteiger partial charge in [0.2, 0.25) is 5.88 Å². The highest BCUT2D eigenvalue weighted by Gasteiger charge is 2.22. The molecule has 0 saturated heterocycles. The highest BCUT2D eigenvalue weighted by atomic mass is 16.5. The van der Waals surface area contributed by atoms with E-state index in [0.717, 1.165) is 24.4 Å². The standard InChI is InChI=1S/C18H20N2O4/c1-20-12-14(24-16-6-4-3-5-15(16)20)9-10-23-17-8-7-13(11-19-17)18(21)22-2/h3-8,11,14H,9-10,12H2,1-2H3/t14-/m1/s1. The lowest BCUT2D eigenvalue weighted by atomic mass is 10.1. The Labute approximate surface area is 141 Å². The molecule has 24 heavy (non-hydrogen) atoms. The van der Waals surface area contributed by atoms with Crippen LogP contribution in [0.25, 0.3) is 0 Å². The van der Waals surface area contributed by atoms with Gasteiger partial charge in [-0.2, -0.15) is 0 Å². The number of rotatable bonds is 5. The first kappa shape index (κ1) is 16.1. The van der Waals surface area contributed by atoms with Gasteiger partial charge in [-0.25, -0.2) is 9.78 Å². The van der Waals surface area contributed by atoms with Crippen molar-refractivity contribution < 1.29 is 19.0 Å². The summed E-state index contributed by atoms with van der Waals surface area (Å²) in [5.41, 5.74) is 1.51. The van der Waals surface area contributed by atoms with E-state index in [2.05, 4.69) is 27.7 Å². The number of hydrogen-bond acceptors (Lipinski definition) is 6. The molecule has 0 aliphatic carbocycles. The van der Waals surface area contributed by atoms with Crippen LogP contribution in [0.3, 0.4) is 0 Å². The number of hydrogen-bond donors (Lipinski definition) is 0. The normalized spacial score (nSPS) is 16.1. The summed E-state index contributed by atoms with van der Waals surface area (Å²) >= 11 is 0. The Morgan fingerprint density at radius 1 is 1.33 bits per heavy atom. The van der Waals surface area contributed by atoms with Crippen LogP contribution in [0.15, 0.2) is 42.6 Å². The third-order valence-corrected chi connectivity index (χ3v) is 3.89. The molecule has 0 spiro atoms. The summed E-state index contributed by atoms with van der Waals surface area (Å²) in [7, 11) is 3.40. The lowest BCUT2D eigenvalue weighted by Crippen LogP contribution is -2.38. The number of carbonyl (C=O) groups is 1. The molecule has 6 heteroatoms. The van der Waals surface area contributed by atoms with Gasteiger partial charge in [-0.05, 0) is 18.2 Å². The van der Waals surface area contributed by atoms with Gasteiger partial charge in [-0.15, -0.1) is 0 Å². The number of aromatic nitrogens is 1. The zero-order valence-corrected chi connectivity index (χ0v) is 13.8. The molecule has 2 aromatic rings. The van der Waals surface area contributed by atoms with Gasteiger partial charge in [0, 0.05) is 25.7 Å². The molecule has 0 unspecified atom stereocenters. The van der Waals surface area contributed by atoms with Crippen LogP contribution in [0.2, 0.25) is 0 Å². The molecular weight excluding hydrogens is 308 g/mol. The quantitative estimate of drug-likeness (QED) is 0.786. The maximum Gasteiger partial charge on any atom is 0.339 e. The average Bonchev–Trinajstić information content (AvgIpc) is 2.62. The van der Waals surface area contributed by atoms with Crippen LogP contribution in [-0.4, -0.2) is 44.4 Å². The summed E-state index contributed by atoms with van der Waals surface area (Å²) in [5.74, 6) is 0.968. The highest BCUT2D eigenvalue weighted by Crippen LogP contribution is 2.32. The Kier molecular flexibility index (Phi) is 4.84. The van der Waals surface area contributed by atoms with Gasteiger partial charge in [0.15, 0.2) is 0 Å². The van der Waals surface area contributed by atoms with E-state index in [4.69, 9.17) is 9.47 Å². The molecule has 2 heterocycles. The molecular formula is C18H20N2O4. The molecule has 3 rings (SSSR count). The highest BCUT2D eigenvalue weighted by molar-refractivity contribution is 5.88. The van der Waals surface area contributed by atoms with Crippen LogP contribution >= 0.6 is 0 Å². The number of anilines is 1. The van der Waals surface area contributed by atoms with Crippen LogP contribution in [0.5, 0.6) is 11.6 Å². The van der Waals surface area contributed by atoms with Gasteiger partial charge in [-0.3, -0.25) is 0 Å². The fourth-order valence-corrected chi connectivity index (χ4v) is 2.64. The fraction of sp³-hybridized carbons (Fsp3) is 0.333. The predicted octanol–water partition coefficient (Wildman–Crippen LogP) is 2.53. The summed E-state index contributed by atoms with van der Waals surface area (Å²) in [5, 5.41) is 0. The van der Waals surface area contributed by atoms with Crippen LogP contribution in [-0.2, 0) is 4.74 Å². The van der Waals surface area contributed by atoms with E-state index < -0.39 is 5.97 Å². The van der Waals surface area contributed by atoms with E-state index in [1.165, 1.54) is 13.3 Å². The van der Waals surface area contributed by atoms with Crippen molar-refractivity contribution >= 4 is 11.7 Å². The minimum atomic E-state index is -0.411. The summed E-state index contributed by atoms with van der Waals surface area (Å²) in [6, 6.07) is 11.3. The SMILES string of the molecule is COC(=O)c1ccc(OCC[C@@H]2CN(C)c3ccccc3O2)nc1. The number of likely N-dealkylation sites (N-methyl/N-ethyl adjacent to an activating group) is 1. The van der Waals surface area contributed by atoms with E-state index in [-0.39, 0.29) is 6.10 Å². The van der Waals surface area contributed by atoms with Crippen molar-refractivity contribution in [3.05, 3.63) is 48.2 Å². The van der Waals surface area contributed by atoms with E-state index >= 15 is 0 Å². The first-order valence-electron chi connectivity index (χ1n) is 7.81. The van der Waals surface area contributed by atoms with Crippen molar-refractivity contribution in [3.63, 3.8) is 0 Å². The molecule has 0 saturated carbocycles. The molecule has 0 radical (unpaired) electrons. The zero-order chi connectivity index (χ0) is 16.9. The smallest absolute Gasteiger partial charge is 0.339 e. The molecule has 1 aliphatic rings. The van der Waals surface area contributed by atoms with E-state index in [9.17, 15) is 4.79 Å². The second-order valence-corrected chi connectivity index (χ2v) is 5.60.